The molecule has 1 saturated heterocycles. The van der Waals surface area contributed by atoms with Crippen molar-refractivity contribution in [3.05, 3.63) is 34.3 Å². The molecule has 1 aromatic rings. The lowest BCUT2D eigenvalue weighted by Gasteiger charge is -2.36. The smallest absolute Gasteiger partial charge is 0.253 e. The van der Waals surface area contributed by atoms with Crippen molar-refractivity contribution in [2.75, 3.05) is 26.7 Å². The van der Waals surface area contributed by atoms with Crippen molar-refractivity contribution in [3.63, 3.8) is 0 Å². The summed E-state index contributed by atoms with van der Waals surface area (Å²) < 4.78 is 1.00. The maximum atomic E-state index is 12.4. The van der Waals surface area contributed by atoms with E-state index in [0.717, 1.165) is 42.5 Å². The van der Waals surface area contributed by atoms with Gasteiger partial charge in [-0.2, -0.15) is 0 Å². The third-order valence-electron chi connectivity index (χ3n) is 3.96. The van der Waals surface area contributed by atoms with Crippen LogP contribution < -0.4 is 0 Å². The average Bonchev–Trinajstić information content (AvgIpc) is 2.46. The van der Waals surface area contributed by atoms with Crippen LogP contribution in [0.15, 0.2) is 28.7 Å². The quantitative estimate of drug-likeness (QED) is 0.853. The van der Waals surface area contributed by atoms with Gasteiger partial charge in [-0.15, -0.1) is 0 Å². The molecule has 0 saturated carbocycles. The Hall–Kier alpha value is -0.870. The number of amides is 1. The highest BCUT2D eigenvalue weighted by atomic mass is 79.9. The molecule has 4 heteroatoms. The fraction of sp³-hybridized carbons (Fsp3) is 0.533. The highest BCUT2D eigenvalue weighted by Crippen LogP contribution is 2.18. The fourth-order valence-corrected chi connectivity index (χ4v) is 2.85. The average molecular weight is 325 g/mol. The molecular formula is C15H21BrN2O. The molecule has 19 heavy (non-hydrogen) atoms. The second-order valence-electron chi connectivity index (χ2n) is 5.09. The van der Waals surface area contributed by atoms with Crippen LogP contribution in [-0.2, 0) is 0 Å². The first-order valence-corrected chi connectivity index (χ1v) is 7.66. The van der Waals surface area contributed by atoms with Crippen molar-refractivity contribution in [3.8, 4) is 0 Å². The van der Waals surface area contributed by atoms with E-state index in [1.807, 2.05) is 36.2 Å². The van der Waals surface area contributed by atoms with Gasteiger partial charge in [-0.1, -0.05) is 22.9 Å². The highest BCUT2D eigenvalue weighted by molar-refractivity contribution is 9.10. The third-order valence-corrected chi connectivity index (χ3v) is 4.49. The van der Waals surface area contributed by atoms with Crippen molar-refractivity contribution in [2.24, 2.45) is 0 Å². The number of carbonyl (C=O) groups is 1. The van der Waals surface area contributed by atoms with E-state index in [1.54, 1.807) is 0 Å². The summed E-state index contributed by atoms with van der Waals surface area (Å²) in [6.07, 6.45) is 2.15. The van der Waals surface area contributed by atoms with E-state index in [1.165, 1.54) is 0 Å². The van der Waals surface area contributed by atoms with Crippen molar-refractivity contribution in [1.82, 2.24) is 9.80 Å². The van der Waals surface area contributed by atoms with E-state index >= 15 is 0 Å². The molecule has 0 unspecified atom stereocenters. The van der Waals surface area contributed by atoms with Gasteiger partial charge in [-0.25, -0.2) is 0 Å². The Balaban J connectivity index is 1.98. The van der Waals surface area contributed by atoms with E-state index in [9.17, 15) is 4.79 Å². The number of piperidine rings is 1. The van der Waals surface area contributed by atoms with Crippen LogP contribution in [-0.4, -0.2) is 48.4 Å². The van der Waals surface area contributed by atoms with Gasteiger partial charge in [0.05, 0.1) is 0 Å². The Kier molecular flexibility index (Phi) is 4.99. The summed E-state index contributed by atoms with van der Waals surface area (Å²) in [5.74, 6) is 0.127. The zero-order valence-corrected chi connectivity index (χ0v) is 13.2. The summed E-state index contributed by atoms with van der Waals surface area (Å²) in [6, 6.07) is 7.97. The summed E-state index contributed by atoms with van der Waals surface area (Å²) in [6.45, 7) is 5.49. The third kappa shape index (κ3) is 3.57. The standard InChI is InChI=1S/C15H21BrN2O/c1-3-18-10-8-14(9-11-18)17(2)15(19)12-4-6-13(16)7-5-12/h4-7,14H,3,8-11H2,1-2H3. The van der Waals surface area contributed by atoms with Crippen LogP contribution in [0.2, 0.25) is 0 Å². The van der Waals surface area contributed by atoms with Crippen LogP contribution in [0.25, 0.3) is 0 Å². The molecule has 1 fully saturated rings. The van der Waals surface area contributed by atoms with Crippen LogP contribution in [0.1, 0.15) is 30.1 Å². The lowest BCUT2D eigenvalue weighted by atomic mass is 10.0. The predicted octanol–water partition coefficient (Wildman–Crippen LogP) is 3.01. The van der Waals surface area contributed by atoms with Gasteiger partial charge in [0.15, 0.2) is 0 Å². The molecule has 0 N–H and O–H groups in total. The normalized spacial score (nSPS) is 17.4. The summed E-state index contributed by atoms with van der Waals surface area (Å²) in [7, 11) is 1.93. The Bertz CT molecular complexity index is 424. The van der Waals surface area contributed by atoms with Crippen molar-refractivity contribution in [2.45, 2.75) is 25.8 Å². The highest BCUT2D eigenvalue weighted by Gasteiger charge is 2.25. The first-order chi connectivity index (χ1) is 9.11. The Labute approximate surface area is 123 Å². The number of likely N-dealkylation sites (tertiary alicyclic amines) is 1. The molecule has 1 amide bonds. The van der Waals surface area contributed by atoms with Crippen molar-refractivity contribution >= 4 is 21.8 Å². The predicted molar refractivity (Wildman–Crippen MR) is 81.4 cm³/mol. The van der Waals surface area contributed by atoms with Gasteiger partial charge in [0, 0.05) is 36.2 Å². The summed E-state index contributed by atoms with van der Waals surface area (Å²) >= 11 is 3.39. The molecule has 3 nitrogen and oxygen atoms in total. The van der Waals surface area contributed by atoms with Crippen LogP contribution >= 0.6 is 15.9 Å². The van der Waals surface area contributed by atoms with E-state index < -0.39 is 0 Å². The molecule has 1 aliphatic heterocycles. The molecule has 1 heterocycles. The molecule has 0 bridgehead atoms. The van der Waals surface area contributed by atoms with Crippen LogP contribution in [0.3, 0.4) is 0 Å². The molecule has 1 aliphatic rings. The SMILES string of the molecule is CCN1CCC(N(C)C(=O)c2ccc(Br)cc2)CC1. The van der Waals surface area contributed by atoms with E-state index in [0.29, 0.717) is 6.04 Å². The zero-order chi connectivity index (χ0) is 13.8. The Morgan fingerprint density at radius 1 is 1.32 bits per heavy atom. The lowest BCUT2D eigenvalue weighted by molar-refractivity contribution is 0.0647. The Morgan fingerprint density at radius 3 is 2.42 bits per heavy atom. The largest absolute Gasteiger partial charge is 0.339 e. The minimum atomic E-state index is 0.127. The molecule has 2 rings (SSSR count). The molecule has 1 aromatic carbocycles. The molecule has 104 valence electrons. The lowest BCUT2D eigenvalue weighted by Crippen LogP contribution is -2.45. The van der Waals surface area contributed by atoms with E-state index in [4.69, 9.17) is 0 Å². The number of carbonyl (C=O) groups excluding carboxylic acids is 1. The fourth-order valence-electron chi connectivity index (χ4n) is 2.58. The summed E-state index contributed by atoms with van der Waals surface area (Å²) in [5, 5.41) is 0. The molecule has 0 radical (unpaired) electrons. The second-order valence-corrected chi connectivity index (χ2v) is 6.00. The van der Waals surface area contributed by atoms with Crippen molar-refractivity contribution in [1.29, 1.82) is 0 Å². The first kappa shape index (κ1) is 14.5. The van der Waals surface area contributed by atoms with E-state index in [-0.39, 0.29) is 5.91 Å². The topological polar surface area (TPSA) is 23.6 Å². The maximum Gasteiger partial charge on any atom is 0.253 e. The number of rotatable bonds is 3. The van der Waals surface area contributed by atoms with Gasteiger partial charge in [-0.3, -0.25) is 4.79 Å². The molecule has 0 aliphatic carbocycles. The molecule has 0 aromatic heterocycles. The Morgan fingerprint density at radius 2 is 1.89 bits per heavy atom. The summed E-state index contributed by atoms with van der Waals surface area (Å²) in [5.41, 5.74) is 0.767. The zero-order valence-electron chi connectivity index (χ0n) is 11.6. The van der Waals surface area contributed by atoms with Crippen LogP contribution in [0, 0.1) is 0 Å². The van der Waals surface area contributed by atoms with Gasteiger partial charge < -0.3 is 9.80 Å². The van der Waals surface area contributed by atoms with Gasteiger partial charge in [0.1, 0.15) is 0 Å². The van der Waals surface area contributed by atoms with Gasteiger partial charge >= 0.3 is 0 Å². The van der Waals surface area contributed by atoms with Crippen LogP contribution in [0.5, 0.6) is 0 Å². The molecule has 0 spiro atoms. The van der Waals surface area contributed by atoms with E-state index in [2.05, 4.69) is 27.8 Å². The van der Waals surface area contributed by atoms with Gasteiger partial charge in [0.25, 0.3) is 5.91 Å². The first-order valence-electron chi connectivity index (χ1n) is 6.87. The van der Waals surface area contributed by atoms with Gasteiger partial charge in [0.2, 0.25) is 0 Å². The number of benzene rings is 1. The summed E-state index contributed by atoms with van der Waals surface area (Å²) in [4.78, 5) is 16.8. The minimum Gasteiger partial charge on any atom is -0.339 e. The molecule has 0 atom stereocenters. The van der Waals surface area contributed by atoms with Crippen LogP contribution in [0.4, 0.5) is 0 Å². The number of hydrogen-bond acceptors (Lipinski definition) is 2. The maximum absolute atomic E-state index is 12.4. The molecular weight excluding hydrogens is 304 g/mol. The minimum absolute atomic E-state index is 0.127. The number of hydrogen-bond donors (Lipinski definition) is 0. The van der Waals surface area contributed by atoms with Crippen molar-refractivity contribution < 1.29 is 4.79 Å². The second kappa shape index (κ2) is 6.53. The number of halogens is 1. The van der Waals surface area contributed by atoms with Gasteiger partial charge in [-0.05, 0) is 43.7 Å². The number of nitrogens with zero attached hydrogens (tertiary/aromatic N) is 2. The monoisotopic (exact) mass is 324 g/mol.